The monoisotopic (exact) mass is 412 g/mol. The van der Waals surface area contributed by atoms with E-state index in [0.29, 0.717) is 39.4 Å². The van der Waals surface area contributed by atoms with Crippen LogP contribution < -0.4 is 20.1 Å². The molecular weight excluding hydrogens is 392 g/mol. The Balaban J connectivity index is 2.55. The first kappa shape index (κ1) is 19.1. The maximum atomic E-state index is 12.4. The van der Waals surface area contributed by atoms with Gasteiger partial charge in [-0.2, -0.15) is 0 Å². The second-order valence-corrected chi connectivity index (χ2v) is 6.11. The Bertz CT molecular complexity index is 717. The summed E-state index contributed by atoms with van der Waals surface area (Å²) >= 11 is 3.45. The first-order chi connectivity index (χ1) is 11.9. The fraction of sp³-hybridized carbons (Fsp3) is 0.412. The highest BCUT2D eigenvalue weighted by atomic mass is 79.9. The van der Waals surface area contributed by atoms with Gasteiger partial charge >= 0.3 is 12.0 Å². The molecule has 1 aromatic rings. The van der Waals surface area contributed by atoms with Crippen LogP contribution in [0.2, 0.25) is 0 Å². The van der Waals surface area contributed by atoms with Gasteiger partial charge in [-0.15, -0.1) is 0 Å². The van der Waals surface area contributed by atoms with Gasteiger partial charge in [-0.3, -0.25) is 0 Å². The highest BCUT2D eigenvalue weighted by Gasteiger charge is 2.33. The molecule has 0 spiro atoms. The summed E-state index contributed by atoms with van der Waals surface area (Å²) in [5, 5.41) is 5.37. The number of rotatable bonds is 6. The number of allylic oxidation sites excluding steroid dienone is 1. The average Bonchev–Trinajstić information content (AvgIpc) is 2.54. The van der Waals surface area contributed by atoms with Gasteiger partial charge in [0, 0.05) is 5.70 Å². The lowest BCUT2D eigenvalue weighted by molar-refractivity contribution is -0.139. The SMILES string of the molecule is CCOC(=O)C1=C(C)NC(=O)NC1c1cc(Br)c(OC)c(OCC)c1. The van der Waals surface area contributed by atoms with Gasteiger partial charge in [-0.05, 0) is 54.4 Å². The van der Waals surface area contributed by atoms with Gasteiger partial charge < -0.3 is 24.8 Å². The molecule has 1 heterocycles. The Morgan fingerprint density at radius 3 is 2.60 bits per heavy atom. The third-order valence-electron chi connectivity index (χ3n) is 3.63. The molecule has 0 saturated heterocycles. The van der Waals surface area contributed by atoms with Crippen molar-refractivity contribution in [3.05, 3.63) is 33.4 Å². The first-order valence-corrected chi connectivity index (χ1v) is 8.67. The number of methoxy groups -OCH3 is 1. The second kappa shape index (κ2) is 8.24. The lowest BCUT2D eigenvalue weighted by atomic mass is 9.95. The third kappa shape index (κ3) is 4.07. The number of halogens is 1. The molecule has 0 radical (unpaired) electrons. The summed E-state index contributed by atoms with van der Waals surface area (Å²) in [6.45, 7) is 5.95. The molecule has 1 atom stereocenters. The minimum atomic E-state index is -0.658. The molecule has 0 aliphatic carbocycles. The van der Waals surface area contributed by atoms with Crippen LogP contribution in [0.4, 0.5) is 4.79 Å². The standard InChI is InChI=1S/C17H21BrN2O5/c1-5-24-12-8-10(7-11(18)15(12)23-4)14-13(16(21)25-6-2)9(3)19-17(22)20-14/h7-8,14H,5-6H2,1-4H3,(H2,19,20,22). The van der Waals surface area contributed by atoms with Crippen LogP contribution >= 0.6 is 15.9 Å². The van der Waals surface area contributed by atoms with E-state index in [-0.39, 0.29) is 12.6 Å². The first-order valence-electron chi connectivity index (χ1n) is 7.88. The lowest BCUT2D eigenvalue weighted by Gasteiger charge is -2.28. The molecule has 1 aliphatic heterocycles. The van der Waals surface area contributed by atoms with Crippen molar-refractivity contribution in [2.24, 2.45) is 0 Å². The summed E-state index contributed by atoms with van der Waals surface area (Å²) < 4.78 is 16.8. The van der Waals surface area contributed by atoms with Crippen molar-refractivity contribution >= 4 is 27.9 Å². The molecule has 0 aromatic heterocycles. The molecule has 25 heavy (non-hydrogen) atoms. The molecule has 8 heteroatoms. The molecule has 0 bridgehead atoms. The lowest BCUT2D eigenvalue weighted by Crippen LogP contribution is -2.45. The quantitative estimate of drug-likeness (QED) is 0.701. The fourth-order valence-electron chi connectivity index (χ4n) is 2.64. The van der Waals surface area contributed by atoms with Crippen LogP contribution in [0.3, 0.4) is 0 Å². The fourth-order valence-corrected chi connectivity index (χ4v) is 3.26. The Morgan fingerprint density at radius 1 is 1.28 bits per heavy atom. The van der Waals surface area contributed by atoms with E-state index in [1.54, 1.807) is 33.1 Å². The average molecular weight is 413 g/mol. The Labute approximate surface area is 154 Å². The van der Waals surface area contributed by atoms with Crippen molar-refractivity contribution in [3.63, 3.8) is 0 Å². The molecule has 0 saturated carbocycles. The molecular formula is C17H21BrN2O5. The van der Waals surface area contributed by atoms with Gasteiger partial charge in [0.05, 0.1) is 36.4 Å². The summed E-state index contributed by atoms with van der Waals surface area (Å²) in [6.07, 6.45) is 0. The maximum Gasteiger partial charge on any atom is 0.338 e. The van der Waals surface area contributed by atoms with Crippen LogP contribution in [-0.4, -0.2) is 32.3 Å². The molecule has 1 aliphatic rings. The van der Waals surface area contributed by atoms with Crippen molar-refractivity contribution < 1.29 is 23.8 Å². The van der Waals surface area contributed by atoms with E-state index in [1.807, 2.05) is 6.92 Å². The zero-order chi connectivity index (χ0) is 18.6. The minimum absolute atomic E-state index is 0.243. The van der Waals surface area contributed by atoms with Gasteiger partial charge in [0.25, 0.3) is 0 Å². The largest absolute Gasteiger partial charge is 0.492 e. The van der Waals surface area contributed by atoms with Gasteiger partial charge in [0.1, 0.15) is 0 Å². The minimum Gasteiger partial charge on any atom is -0.492 e. The number of hydrogen-bond donors (Lipinski definition) is 2. The highest BCUT2D eigenvalue weighted by Crippen LogP contribution is 2.40. The smallest absolute Gasteiger partial charge is 0.338 e. The van der Waals surface area contributed by atoms with E-state index in [4.69, 9.17) is 14.2 Å². The maximum absolute atomic E-state index is 12.4. The third-order valence-corrected chi connectivity index (χ3v) is 4.22. The van der Waals surface area contributed by atoms with Gasteiger partial charge in [-0.1, -0.05) is 0 Å². The van der Waals surface area contributed by atoms with Crippen LogP contribution in [-0.2, 0) is 9.53 Å². The van der Waals surface area contributed by atoms with Gasteiger partial charge in [0.15, 0.2) is 11.5 Å². The number of carbonyl (C=O) groups excluding carboxylic acids is 2. The molecule has 1 aromatic carbocycles. The zero-order valence-corrected chi connectivity index (χ0v) is 16.2. The zero-order valence-electron chi connectivity index (χ0n) is 14.6. The van der Waals surface area contributed by atoms with E-state index in [9.17, 15) is 9.59 Å². The summed E-state index contributed by atoms with van der Waals surface area (Å²) in [7, 11) is 1.54. The number of carbonyl (C=O) groups is 2. The van der Waals surface area contributed by atoms with E-state index >= 15 is 0 Å². The normalized spacial score (nSPS) is 16.8. The number of amides is 2. The predicted molar refractivity (Wildman–Crippen MR) is 95.6 cm³/mol. The Kier molecular flexibility index (Phi) is 6.30. The van der Waals surface area contributed by atoms with Crippen LogP contribution in [0.5, 0.6) is 11.5 Å². The molecule has 2 amide bonds. The van der Waals surface area contributed by atoms with Gasteiger partial charge in [0.2, 0.25) is 0 Å². The Hall–Kier alpha value is -2.22. The molecule has 2 N–H and O–H groups in total. The molecule has 7 nitrogen and oxygen atoms in total. The van der Waals surface area contributed by atoms with Gasteiger partial charge in [-0.25, -0.2) is 9.59 Å². The topological polar surface area (TPSA) is 85.9 Å². The van der Waals surface area contributed by atoms with Crippen molar-refractivity contribution in [1.82, 2.24) is 10.6 Å². The second-order valence-electron chi connectivity index (χ2n) is 5.26. The van der Waals surface area contributed by atoms with Crippen LogP contribution in [0.25, 0.3) is 0 Å². The van der Waals surface area contributed by atoms with Crippen molar-refractivity contribution in [2.45, 2.75) is 26.8 Å². The number of esters is 1. The summed E-state index contributed by atoms with van der Waals surface area (Å²) in [5.41, 5.74) is 1.48. The van der Waals surface area contributed by atoms with E-state index in [0.717, 1.165) is 0 Å². The van der Waals surface area contributed by atoms with E-state index < -0.39 is 12.0 Å². The van der Waals surface area contributed by atoms with Crippen LogP contribution in [0, 0.1) is 0 Å². The highest BCUT2D eigenvalue weighted by molar-refractivity contribution is 9.10. The molecule has 136 valence electrons. The number of nitrogens with one attached hydrogen (secondary N) is 2. The summed E-state index contributed by atoms with van der Waals surface area (Å²) in [4.78, 5) is 24.3. The van der Waals surface area contributed by atoms with Crippen LogP contribution in [0.1, 0.15) is 32.4 Å². The van der Waals surface area contributed by atoms with E-state index in [2.05, 4.69) is 26.6 Å². The van der Waals surface area contributed by atoms with Crippen molar-refractivity contribution in [3.8, 4) is 11.5 Å². The number of urea groups is 1. The van der Waals surface area contributed by atoms with Crippen molar-refractivity contribution in [1.29, 1.82) is 0 Å². The number of benzene rings is 1. The van der Waals surface area contributed by atoms with E-state index in [1.165, 1.54) is 0 Å². The Morgan fingerprint density at radius 2 is 2.00 bits per heavy atom. The number of hydrogen-bond acceptors (Lipinski definition) is 5. The summed E-state index contributed by atoms with van der Waals surface area (Å²) in [6, 6.07) is 2.48. The molecule has 1 unspecified atom stereocenters. The summed E-state index contributed by atoms with van der Waals surface area (Å²) in [5.74, 6) is 0.578. The molecule has 2 rings (SSSR count). The predicted octanol–water partition coefficient (Wildman–Crippen LogP) is 3.05. The van der Waals surface area contributed by atoms with Crippen LogP contribution in [0.15, 0.2) is 27.9 Å². The van der Waals surface area contributed by atoms with Crippen molar-refractivity contribution in [2.75, 3.05) is 20.3 Å². The molecule has 0 fully saturated rings. The number of ether oxygens (including phenoxy) is 3.